The van der Waals surface area contributed by atoms with E-state index in [2.05, 4.69) is 19.8 Å². The fourth-order valence-corrected chi connectivity index (χ4v) is 6.16. The van der Waals surface area contributed by atoms with Gasteiger partial charge in [0.15, 0.2) is 5.82 Å². The monoisotopic (exact) mass is 511 g/mol. The van der Waals surface area contributed by atoms with Crippen LogP contribution in [-0.2, 0) is 0 Å². The molecule has 2 aromatic carbocycles. The predicted molar refractivity (Wildman–Crippen MR) is 146 cm³/mol. The van der Waals surface area contributed by atoms with E-state index in [-0.39, 0.29) is 23.0 Å². The molecule has 4 aromatic rings. The highest BCUT2D eigenvalue weighted by Gasteiger charge is 2.29. The lowest BCUT2D eigenvalue weighted by molar-refractivity contribution is 0.378. The number of phenolic OH excluding ortho intramolecular Hbond substituents is 1. The molecule has 0 radical (unpaired) electrons. The number of phenols is 1. The fourth-order valence-electron chi connectivity index (χ4n) is 6.16. The maximum atomic E-state index is 16.4. The molecule has 0 aliphatic carbocycles. The van der Waals surface area contributed by atoms with Crippen LogP contribution < -0.4 is 9.64 Å². The summed E-state index contributed by atoms with van der Waals surface area (Å²) in [6.45, 7) is 3.72. The van der Waals surface area contributed by atoms with Crippen LogP contribution in [0.1, 0.15) is 44.9 Å². The van der Waals surface area contributed by atoms with Crippen molar-refractivity contribution in [2.24, 2.45) is 0 Å². The molecule has 0 spiro atoms. The number of fused-ring (bicyclic) bond motifs is 3. The molecule has 0 saturated carbocycles. The molecule has 7 nitrogen and oxygen atoms in total. The molecule has 38 heavy (non-hydrogen) atoms. The zero-order chi connectivity index (χ0) is 25.6. The van der Waals surface area contributed by atoms with E-state index in [0.29, 0.717) is 16.8 Å². The standard InChI is InChI=1S/C30H30FN5O2/c31-26-27(22-17-20(37)16-19-8-3-4-9-21(19)22)32-18-23-28(26)33-30(34-29(23)36-12-5-1-2-6-13-36)38-25-11-15-35-14-7-10-24(25)35/h3-4,8-9,16-18,37H,1-2,5-7,10-15H2. The normalized spacial score (nSPS) is 17.9. The first-order valence-electron chi connectivity index (χ1n) is 13.6. The van der Waals surface area contributed by atoms with Gasteiger partial charge in [0, 0.05) is 44.4 Å². The Bertz CT molecular complexity index is 1580. The molecular formula is C30H30FN5O2. The van der Waals surface area contributed by atoms with Crippen LogP contribution in [0, 0.1) is 5.82 Å². The van der Waals surface area contributed by atoms with Gasteiger partial charge in [-0.2, -0.15) is 9.97 Å². The van der Waals surface area contributed by atoms with E-state index in [1.807, 2.05) is 24.3 Å². The van der Waals surface area contributed by atoms with Gasteiger partial charge in [0.2, 0.25) is 0 Å². The maximum Gasteiger partial charge on any atom is 0.324 e. The van der Waals surface area contributed by atoms with Gasteiger partial charge >= 0.3 is 6.01 Å². The number of hydrogen-bond acceptors (Lipinski definition) is 7. The van der Waals surface area contributed by atoms with Crippen molar-refractivity contribution in [2.75, 3.05) is 31.1 Å². The zero-order valence-electron chi connectivity index (χ0n) is 21.3. The van der Waals surface area contributed by atoms with Crippen molar-refractivity contribution in [1.82, 2.24) is 19.9 Å². The first-order chi connectivity index (χ1) is 18.7. The minimum Gasteiger partial charge on any atom is -0.508 e. The zero-order valence-corrected chi connectivity index (χ0v) is 21.3. The Labute approximate surface area is 220 Å². The number of halogens is 1. The molecule has 5 heterocycles. The van der Waals surface area contributed by atoms with Gasteiger partial charge in [-0.25, -0.2) is 4.39 Å². The van der Waals surface area contributed by atoms with E-state index >= 15 is 4.39 Å². The van der Waals surface area contributed by atoms with Crippen molar-refractivity contribution in [1.29, 1.82) is 0 Å². The number of hydrogen-bond donors (Lipinski definition) is 1. The Morgan fingerprint density at radius 1 is 0.842 bits per heavy atom. The minimum absolute atomic E-state index is 0.0627. The third kappa shape index (κ3) is 3.99. The summed E-state index contributed by atoms with van der Waals surface area (Å²) in [6.07, 6.45) is 9.09. The highest BCUT2D eigenvalue weighted by molar-refractivity contribution is 5.99. The van der Waals surface area contributed by atoms with Crippen LogP contribution in [0.15, 0.2) is 54.1 Å². The SMILES string of the molecule is Oc1cc(-c2ncc3c(N4CCCCCC4)nc(OC4=C5CCCN5CC4)nc3c2F)c2ccccc2c1. The summed E-state index contributed by atoms with van der Waals surface area (Å²) < 4.78 is 22.7. The van der Waals surface area contributed by atoms with Gasteiger partial charge < -0.3 is 19.6 Å². The van der Waals surface area contributed by atoms with Gasteiger partial charge in [0.25, 0.3) is 0 Å². The summed E-state index contributed by atoms with van der Waals surface area (Å²) in [5, 5.41) is 12.6. The van der Waals surface area contributed by atoms with E-state index in [9.17, 15) is 5.11 Å². The van der Waals surface area contributed by atoms with Crippen LogP contribution in [0.2, 0.25) is 0 Å². The molecule has 0 bridgehead atoms. The summed E-state index contributed by atoms with van der Waals surface area (Å²) >= 11 is 0. The molecule has 2 aromatic heterocycles. The molecule has 2 fully saturated rings. The number of rotatable bonds is 4. The molecule has 194 valence electrons. The van der Waals surface area contributed by atoms with Crippen molar-refractivity contribution >= 4 is 27.5 Å². The van der Waals surface area contributed by atoms with E-state index in [0.717, 1.165) is 74.8 Å². The van der Waals surface area contributed by atoms with Gasteiger partial charge in [0.1, 0.15) is 28.5 Å². The molecular weight excluding hydrogens is 481 g/mol. The first-order valence-corrected chi connectivity index (χ1v) is 13.6. The average Bonchev–Trinajstić information content (AvgIpc) is 3.44. The number of pyridine rings is 1. The van der Waals surface area contributed by atoms with Crippen LogP contribution in [-0.4, -0.2) is 51.1 Å². The van der Waals surface area contributed by atoms with Crippen LogP contribution in [0.25, 0.3) is 32.9 Å². The van der Waals surface area contributed by atoms with Gasteiger partial charge in [-0.3, -0.25) is 4.98 Å². The summed E-state index contributed by atoms with van der Waals surface area (Å²) in [5.41, 5.74) is 2.10. The van der Waals surface area contributed by atoms with E-state index in [1.165, 1.54) is 18.5 Å². The number of ether oxygens (including phenoxy) is 1. The lowest BCUT2D eigenvalue weighted by Crippen LogP contribution is -2.25. The highest BCUT2D eigenvalue weighted by Crippen LogP contribution is 2.38. The first kappa shape index (κ1) is 23.2. The van der Waals surface area contributed by atoms with E-state index < -0.39 is 5.82 Å². The van der Waals surface area contributed by atoms with Gasteiger partial charge in [-0.1, -0.05) is 37.1 Å². The number of aromatic hydroxyl groups is 1. The Kier molecular flexibility index (Phi) is 5.75. The van der Waals surface area contributed by atoms with Crippen molar-refractivity contribution in [3.05, 3.63) is 59.9 Å². The average molecular weight is 512 g/mol. The molecule has 3 aliphatic rings. The van der Waals surface area contributed by atoms with Gasteiger partial charge in [0.05, 0.1) is 11.1 Å². The Morgan fingerprint density at radius 3 is 2.53 bits per heavy atom. The molecule has 1 N–H and O–H groups in total. The Balaban J connectivity index is 1.40. The Hall–Kier alpha value is -3.94. The van der Waals surface area contributed by atoms with Crippen molar-refractivity contribution in [3.63, 3.8) is 0 Å². The molecule has 2 saturated heterocycles. The molecule has 0 amide bonds. The molecule has 7 rings (SSSR count). The largest absolute Gasteiger partial charge is 0.508 e. The van der Waals surface area contributed by atoms with Crippen molar-refractivity contribution < 1.29 is 14.2 Å². The minimum atomic E-state index is -0.534. The van der Waals surface area contributed by atoms with Crippen LogP contribution in [0.5, 0.6) is 11.8 Å². The van der Waals surface area contributed by atoms with E-state index in [4.69, 9.17) is 9.72 Å². The van der Waals surface area contributed by atoms with Crippen LogP contribution in [0.4, 0.5) is 10.2 Å². The quantitative estimate of drug-likeness (QED) is 0.352. The summed E-state index contributed by atoms with van der Waals surface area (Å²) in [5.74, 6) is 1.11. The second kappa shape index (κ2) is 9.42. The highest BCUT2D eigenvalue weighted by atomic mass is 19.1. The third-order valence-corrected chi connectivity index (χ3v) is 8.02. The number of allylic oxidation sites excluding steroid dienone is 1. The van der Waals surface area contributed by atoms with Crippen LogP contribution in [0.3, 0.4) is 0 Å². The lowest BCUT2D eigenvalue weighted by atomic mass is 10.0. The van der Waals surface area contributed by atoms with Gasteiger partial charge in [-0.15, -0.1) is 0 Å². The topological polar surface area (TPSA) is 74.6 Å². The summed E-state index contributed by atoms with van der Waals surface area (Å²) in [7, 11) is 0. The molecule has 8 heteroatoms. The summed E-state index contributed by atoms with van der Waals surface area (Å²) in [6, 6.07) is 11.0. The second-order valence-electron chi connectivity index (χ2n) is 10.4. The van der Waals surface area contributed by atoms with Gasteiger partial charge in [-0.05, 0) is 48.6 Å². The number of benzene rings is 2. The third-order valence-electron chi connectivity index (χ3n) is 8.02. The molecule has 0 atom stereocenters. The van der Waals surface area contributed by atoms with Crippen molar-refractivity contribution in [3.8, 4) is 23.0 Å². The Morgan fingerprint density at radius 2 is 1.66 bits per heavy atom. The number of aromatic nitrogens is 3. The number of anilines is 1. The smallest absolute Gasteiger partial charge is 0.324 e. The second-order valence-corrected chi connectivity index (χ2v) is 10.4. The molecule has 3 aliphatic heterocycles. The summed E-state index contributed by atoms with van der Waals surface area (Å²) in [4.78, 5) is 18.6. The van der Waals surface area contributed by atoms with E-state index in [1.54, 1.807) is 18.3 Å². The molecule has 0 unspecified atom stereocenters. The predicted octanol–water partition coefficient (Wildman–Crippen LogP) is 6.16. The van der Waals surface area contributed by atoms with Crippen LogP contribution >= 0.6 is 0 Å². The fraction of sp³-hybridized carbons (Fsp3) is 0.367. The van der Waals surface area contributed by atoms with Crippen molar-refractivity contribution in [2.45, 2.75) is 44.9 Å². The maximum absolute atomic E-state index is 16.4. The lowest BCUT2D eigenvalue weighted by Gasteiger charge is -2.23. The number of nitrogens with zero attached hydrogens (tertiary/aromatic N) is 5.